The molecule has 4 N–H and O–H groups in total. The third-order valence-corrected chi connectivity index (χ3v) is 9.25. The molecule has 0 aromatic carbocycles. The van der Waals surface area contributed by atoms with Gasteiger partial charge in [0.25, 0.3) is 0 Å². The van der Waals surface area contributed by atoms with Gasteiger partial charge in [0, 0.05) is 14.6 Å². The van der Waals surface area contributed by atoms with E-state index in [-0.39, 0.29) is 24.7 Å². The average Bonchev–Trinajstić information content (AvgIpc) is 3.25. The zero-order chi connectivity index (χ0) is 35.9. The smallest absolute Gasteiger partial charge is 0.393 e. The summed E-state index contributed by atoms with van der Waals surface area (Å²) in [5, 5.41) is 40.4. The molecule has 0 amide bonds. The second kappa shape index (κ2) is 12.6. The molecule has 3 aliphatic carbocycles. The van der Waals surface area contributed by atoms with Gasteiger partial charge in [-0.05, 0) is 107 Å². The number of hydrogen-bond acceptors (Lipinski definition) is 4. The number of aliphatic hydroxyl groups excluding tert-OH is 2. The van der Waals surface area contributed by atoms with Crippen LogP contribution in [0.2, 0.25) is 0 Å². The second-order valence-electron chi connectivity index (χ2n) is 12.3. The fourth-order valence-corrected chi connectivity index (χ4v) is 7.26. The summed E-state index contributed by atoms with van der Waals surface area (Å²) in [5.41, 5.74) is -6.84. The minimum absolute atomic E-state index is 0.00374. The van der Waals surface area contributed by atoms with Crippen molar-refractivity contribution in [3.8, 4) is 11.8 Å². The maximum atomic E-state index is 13.3. The van der Waals surface area contributed by atoms with E-state index in [0.717, 1.165) is 29.9 Å². The number of fused-ring (bicyclic) bond motifs is 1. The monoisotopic (exact) mass is 600 g/mol. The first kappa shape index (κ1) is 25.9. The van der Waals surface area contributed by atoms with E-state index in [2.05, 4.69) is 0 Å². The Labute approximate surface area is 247 Å². The van der Waals surface area contributed by atoms with Crippen molar-refractivity contribution in [3.63, 3.8) is 0 Å². The second-order valence-corrected chi connectivity index (χ2v) is 12.3. The van der Waals surface area contributed by atoms with Crippen LogP contribution in [-0.4, -0.2) is 56.2 Å². The normalized spacial score (nSPS) is 34.2. The molecule has 234 valence electrons. The maximum absolute atomic E-state index is 13.3. The van der Waals surface area contributed by atoms with Gasteiger partial charge in [-0.3, -0.25) is 0 Å². The third kappa shape index (κ3) is 8.10. The van der Waals surface area contributed by atoms with Gasteiger partial charge in [0.1, 0.15) is 0 Å². The quantitative estimate of drug-likeness (QED) is 0.192. The molecule has 0 radical (unpaired) electrons. The first-order valence-corrected chi connectivity index (χ1v) is 14.1. The average molecular weight is 601 g/mol. The van der Waals surface area contributed by atoms with E-state index in [1.807, 2.05) is 25.0 Å². The Balaban J connectivity index is 1.94. The van der Waals surface area contributed by atoms with Crippen LogP contribution in [0.4, 0.5) is 26.3 Å². The summed E-state index contributed by atoms with van der Waals surface area (Å²) < 4.78 is 126. The van der Waals surface area contributed by atoms with Crippen molar-refractivity contribution >= 4 is 0 Å². The van der Waals surface area contributed by atoms with E-state index in [0.29, 0.717) is 38.5 Å². The van der Waals surface area contributed by atoms with Crippen molar-refractivity contribution in [2.24, 2.45) is 23.2 Å². The number of aliphatic hydroxyl groups is 4. The van der Waals surface area contributed by atoms with Crippen LogP contribution in [0.5, 0.6) is 0 Å². The van der Waals surface area contributed by atoms with E-state index < -0.39 is 73.6 Å². The van der Waals surface area contributed by atoms with Crippen LogP contribution >= 0.6 is 0 Å². The Morgan fingerprint density at radius 3 is 2.24 bits per heavy atom. The lowest BCUT2D eigenvalue weighted by atomic mass is 9.60. The van der Waals surface area contributed by atoms with E-state index in [4.69, 9.17) is 8.22 Å². The van der Waals surface area contributed by atoms with Gasteiger partial charge in [-0.15, -0.1) is 0 Å². The van der Waals surface area contributed by atoms with Crippen LogP contribution in [0.1, 0.15) is 106 Å². The van der Waals surface area contributed by atoms with Gasteiger partial charge in [0.15, 0.2) is 0 Å². The lowest BCUT2D eigenvalue weighted by Gasteiger charge is -2.45. The van der Waals surface area contributed by atoms with Crippen molar-refractivity contribution in [3.05, 3.63) is 23.3 Å². The highest BCUT2D eigenvalue weighted by atomic mass is 19.4. The van der Waals surface area contributed by atoms with Gasteiger partial charge in [-0.1, -0.05) is 42.6 Å². The zero-order valence-electron chi connectivity index (χ0n) is 29.1. The highest BCUT2D eigenvalue weighted by Crippen LogP contribution is 2.60. The van der Waals surface area contributed by atoms with Gasteiger partial charge >= 0.3 is 18.0 Å². The standard InChI is InChI=1S/C31H44F6O4/c1-27(2,40)14-4-7-21(9-6-16-29(41,30(32,33)34)31(35,36)37)25-12-13-26-22(8-5-15-28(25,26)3)11-10-20-17-23(38)19-24(39)18-20/h10-11,21,23-26,38-41H,4-5,7-9,12-15,17-19H2,1-3H3/b22-11+/t21-,23+,24+,25+,26-,28+/m0/s1/i1D3,2D3. The molecule has 3 rings (SSSR count). The summed E-state index contributed by atoms with van der Waals surface area (Å²) in [5.74, 6) is 1.92. The molecule has 6 atom stereocenters. The molecule has 41 heavy (non-hydrogen) atoms. The summed E-state index contributed by atoms with van der Waals surface area (Å²) >= 11 is 0. The number of hydrogen-bond donors (Lipinski definition) is 4. The van der Waals surface area contributed by atoms with Crippen LogP contribution in [0.15, 0.2) is 23.3 Å². The molecular formula is C31H44F6O4. The zero-order valence-corrected chi connectivity index (χ0v) is 23.1. The molecule has 3 fully saturated rings. The van der Waals surface area contributed by atoms with Crippen LogP contribution in [0.25, 0.3) is 0 Å². The molecule has 0 unspecified atom stereocenters. The number of halogens is 6. The number of allylic oxidation sites excluding steroid dienone is 3. The molecule has 0 bridgehead atoms. The first-order chi connectivity index (χ1) is 21.3. The summed E-state index contributed by atoms with van der Waals surface area (Å²) in [6.45, 7) is -4.60. The molecule has 0 aromatic heterocycles. The topological polar surface area (TPSA) is 80.9 Å². The van der Waals surface area contributed by atoms with Gasteiger partial charge in [-0.25, -0.2) is 0 Å². The fraction of sp³-hybridized carbons (Fsp3) is 0.806. The Bertz CT molecular complexity index is 1190. The maximum Gasteiger partial charge on any atom is 0.438 e. The summed E-state index contributed by atoms with van der Waals surface area (Å²) in [4.78, 5) is 0. The Morgan fingerprint density at radius 1 is 1.02 bits per heavy atom. The SMILES string of the molecule is [2H]C([2H])([2H])C(O)(CCC[C@@H](CC#CC(O)(C(F)(F)F)C(F)(F)F)[C@H]1CC[C@H]2/C(=C/C=C3C[C@@H](O)C[C@H](O)C3)CCC[C@]12C)C([2H])([2H])[2H]. The van der Waals surface area contributed by atoms with Crippen LogP contribution in [0, 0.1) is 35.0 Å². The largest absolute Gasteiger partial charge is 0.438 e. The molecule has 0 heterocycles. The van der Waals surface area contributed by atoms with Gasteiger partial charge < -0.3 is 20.4 Å². The molecule has 4 nitrogen and oxygen atoms in total. The highest BCUT2D eigenvalue weighted by Gasteiger charge is 2.70. The Hall–Kier alpha value is -1.54. The summed E-state index contributed by atoms with van der Waals surface area (Å²) in [6.07, 6.45) is -6.71. The van der Waals surface area contributed by atoms with Crippen molar-refractivity contribution in [1.82, 2.24) is 0 Å². The van der Waals surface area contributed by atoms with Crippen molar-refractivity contribution in [2.75, 3.05) is 0 Å². The Morgan fingerprint density at radius 2 is 1.66 bits per heavy atom. The minimum Gasteiger partial charge on any atom is -0.393 e. The Kier molecular flexibility index (Phi) is 7.96. The van der Waals surface area contributed by atoms with Crippen molar-refractivity contribution < 1.29 is 55.0 Å². The molecule has 0 spiro atoms. The molecule has 3 aliphatic rings. The summed E-state index contributed by atoms with van der Waals surface area (Å²) in [6, 6.07) is 0. The molecule has 0 aliphatic heterocycles. The van der Waals surface area contributed by atoms with Crippen molar-refractivity contribution in [1.29, 1.82) is 0 Å². The van der Waals surface area contributed by atoms with Crippen LogP contribution in [-0.2, 0) is 0 Å². The molecule has 0 aromatic rings. The number of rotatable bonds is 7. The highest BCUT2D eigenvalue weighted by molar-refractivity contribution is 5.27. The predicted molar refractivity (Wildman–Crippen MR) is 143 cm³/mol. The molecule has 10 heteroatoms. The van der Waals surface area contributed by atoms with E-state index >= 15 is 0 Å². The third-order valence-electron chi connectivity index (χ3n) is 9.25. The van der Waals surface area contributed by atoms with Crippen LogP contribution < -0.4 is 0 Å². The van der Waals surface area contributed by atoms with Gasteiger partial charge in [0.05, 0.1) is 17.8 Å². The van der Waals surface area contributed by atoms with E-state index in [1.54, 1.807) is 0 Å². The lowest BCUT2D eigenvalue weighted by molar-refractivity contribution is -0.343. The van der Waals surface area contributed by atoms with Crippen molar-refractivity contribution in [2.45, 2.75) is 133 Å². The molecule has 3 saturated carbocycles. The minimum atomic E-state index is -6.13. The van der Waals surface area contributed by atoms with Crippen LogP contribution in [0.3, 0.4) is 0 Å². The van der Waals surface area contributed by atoms with Gasteiger partial charge in [-0.2, -0.15) is 26.3 Å². The lowest BCUT2D eigenvalue weighted by Crippen LogP contribution is -2.55. The first-order valence-electron chi connectivity index (χ1n) is 17.1. The van der Waals surface area contributed by atoms with Gasteiger partial charge in [0.2, 0.25) is 0 Å². The summed E-state index contributed by atoms with van der Waals surface area (Å²) in [7, 11) is 0. The van der Waals surface area contributed by atoms with E-state index in [1.165, 1.54) is 0 Å². The number of alkyl halides is 6. The fourth-order valence-electron chi connectivity index (χ4n) is 7.26. The van der Waals surface area contributed by atoms with E-state index in [9.17, 15) is 46.8 Å². The molecular weight excluding hydrogens is 550 g/mol. The molecule has 0 saturated heterocycles. The predicted octanol–water partition coefficient (Wildman–Crippen LogP) is 6.77.